The third-order valence-corrected chi connectivity index (χ3v) is 3.30. The van der Waals surface area contributed by atoms with Crippen molar-refractivity contribution in [3.05, 3.63) is 57.9 Å². The number of nitrogens with one attached hydrogen (secondary N) is 1. The first-order valence-electron chi connectivity index (χ1n) is 6.00. The van der Waals surface area contributed by atoms with Gasteiger partial charge in [0.1, 0.15) is 0 Å². The molecule has 3 rings (SSSR count). The number of H-pyrrole nitrogens is 1. The second-order valence-electron chi connectivity index (χ2n) is 4.71. The van der Waals surface area contributed by atoms with Gasteiger partial charge >= 0.3 is 6.18 Å². The normalized spacial score (nSPS) is 12.2. The van der Waals surface area contributed by atoms with Crippen molar-refractivity contribution >= 4 is 21.7 Å². The Morgan fingerprint density at radius 1 is 1.10 bits per heavy atom. The summed E-state index contributed by atoms with van der Waals surface area (Å²) in [5, 5.41) is 0.595. The highest BCUT2D eigenvalue weighted by molar-refractivity contribution is 6.06. The predicted octanol–water partition coefficient (Wildman–Crippen LogP) is 4.01. The Morgan fingerprint density at radius 2 is 1.85 bits per heavy atom. The number of aromatic nitrogens is 1. The average Bonchev–Trinajstić information content (AvgIpc) is 2.36. The molecule has 20 heavy (non-hydrogen) atoms. The van der Waals surface area contributed by atoms with Crippen LogP contribution in [0.15, 0.2) is 41.2 Å². The highest BCUT2D eigenvalue weighted by Gasteiger charge is 2.33. The first kappa shape index (κ1) is 12.7. The maximum absolute atomic E-state index is 13.2. The first-order valence-corrected chi connectivity index (χ1v) is 6.00. The van der Waals surface area contributed by atoms with E-state index in [0.29, 0.717) is 16.5 Å². The number of benzene rings is 2. The summed E-state index contributed by atoms with van der Waals surface area (Å²) in [5.74, 6) is 0. The van der Waals surface area contributed by atoms with E-state index in [9.17, 15) is 18.0 Å². The molecule has 0 bridgehead atoms. The van der Waals surface area contributed by atoms with Crippen molar-refractivity contribution in [2.45, 2.75) is 13.1 Å². The smallest absolute Gasteiger partial charge is 0.358 e. The van der Waals surface area contributed by atoms with Crippen LogP contribution in [0.1, 0.15) is 11.3 Å². The molecule has 102 valence electrons. The van der Waals surface area contributed by atoms with E-state index in [-0.39, 0.29) is 16.3 Å². The average molecular weight is 277 g/mol. The number of pyridine rings is 1. The van der Waals surface area contributed by atoms with E-state index in [2.05, 4.69) is 4.98 Å². The summed E-state index contributed by atoms with van der Waals surface area (Å²) in [6, 6.07) is 8.33. The molecule has 1 N–H and O–H groups in total. The van der Waals surface area contributed by atoms with Crippen LogP contribution in [0.5, 0.6) is 0 Å². The van der Waals surface area contributed by atoms with Crippen LogP contribution in [0.25, 0.3) is 21.7 Å². The van der Waals surface area contributed by atoms with Crippen molar-refractivity contribution in [1.29, 1.82) is 0 Å². The summed E-state index contributed by atoms with van der Waals surface area (Å²) >= 11 is 0. The fourth-order valence-electron chi connectivity index (χ4n) is 2.42. The third-order valence-electron chi connectivity index (χ3n) is 3.30. The van der Waals surface area contributed by atoms with Crippen LogP contribution < -0.4 is 5.43 Å². The molecular weight excluding hydrogens is 267 g/mol. The number of aromatic amines is 1. The number of fused-ring (bicyclic) bond motifs is 3. The van der Waals surface area contributed by atoms with Gasteiger partial charge in [-0.3, -0.25) is 4.79 Å². The van der Waals surface area contributed by atoms with Crippen molar-refractivity contribution < 1.29 is 13.2 Å². The van der Waals surface area contributed by atoms with E-state index in [1.54, 1.807) is 13.0 Å². The zero-order valence-corrected chi connectivity index (χ0v) is 10.5. The molecule has 0 fully saturated rings. The number of hydrogen-bond donors (Lipinski definition) is 1. The topological polar surface area (TPSA) is 32.9 Å². The highest BCUT2D eigenvalue weighted by Crippen LogP contribution is 2.37. The third kappa shape index (κ3) is 1.86. The van der Waals surface area contributed by atoms with Crippen LogP contribution in [0, 0.1) is 6.92 Å². The Morgan fingerprint density at radius 3 is 2.55 bits per heavy atom. The molecule has 3 aromatic rings. The second-order valence-corrected chi connectivity index (χ2v) is 4.71. The Balaban J connectivity index is 2.63. The second kappa shape index (κ2) is 4.10. The maximum atomic E-state index is 13.2. The Bertz CT molecular complexity index is 878. The summed E-state index contributed by atoms with van der Waals surface area (Å²) < 4.78 is 39.5. The van der Waals surface area contributed by atoms with E-state index in [0.717, 1.165) is 6.07 Å². The van der Waals surface area contributed by atoms with Crippen molar-refractivity contribution in [2.75, 3.05) is 0 Å². The molecule has 2 nitrogen and oxygen atoms in total. The molecule has 0 aliphatic carbocycles. The summed E-state index contributed by atoms with van der Waals surface area (Å²) in [7, 11) is 0. The van der Waals surface area contributed by atoms with Gasteiger partial charge in [0.05, 0.1) is 16.5 Å². The minimum atomic E-state index is -4.46. The molecule has 0 atom stereocenters. The summed E-state index contributed by atoms with van der Waals surface area (Å²) in [6.45, 7) is 1.74. The van der Waals surface area contributed by atoms with Gasteiger partial charge in [0, 0.05) is 11.1 Å². The molecule has 0 aliphatic heterocycles. The molecule has 1 heterocycles. The van der Waals surface area contributed by atoms with Crippen LogP contribution in [0.3, 0.4) is 0 Å². The fourth-order valence-corrected chi connectivity index (χ4v) is 2.42. The van der Waals surface area contributed by atoms with Crippen molar-refractivity contribution in [3.63, 3.8) is 0 Å². The summed E-state index contributed by atoms with van der Waals surface area (Å²) in [4.78, 5) is 14.8. The number of alkyl halides is 3. The number of halogens is 3. The lowest BCUT2D eigenvalue weighted by Crippen LogP contribution is -2.09. The van der Waals surface area contributed by atoms with Crippen molar-refractivity contribution in [2.24, 2.45) is 0 Å². The van der Waals surface area contributed by atoms with E-state index in [1.165, 1.54) is 24.3 Å². The molecule has 0 spiro atoms. The van der Waals surface area contributed by atoms with Crippen LogP contribution in [-0.4, -0.2) is 4.98 Å². The van der Waals surface area contributed by atoms with Gasteiger partial charge in [-0.05, 0) is 30.5 Å². The predicted molar refractivity (Wildman–Crippen MR) is 71.8 cm³/mol. The van der Waals surface area contributed by atoms with Crippen molar-refractivity contribution in [3.8, 4) is 0 Å². The van der Waals surface area contributed by atoms with Gasteiger partial charge < -0.3 is 4.98 Å². The van der Waals surface area contributed by atoms with E-state index in [4.69, 9.17) is 0 Å². The Hall–Kier alpha value is -2.30. The van der Waals surface area contributed by atoms with E-state index in [1.807, 2.05) is 0 Å². The quantitative estimate of drug-likeness (QED) is 0.619. The van der Waals surface area contributed by atoms with Crippen molar-refractivity contribution in [1.82, 2.24) is 4.98 Å². The highest BCUT2D eigenvalue weighted by atomic mass is 19.4. The fraction of sp³-hybridized carbons (Fsp3) is 0.133. The Kier molecular flexibility index (Phi) is 2.61. The number of aryl methyl sites for hydroxylation is 1. The molecule has 0 unspecified atom stereocenters. The van der Waals surface area contributed by atoms with Gasteiger partial charge in [-0.25, -0.2) is 0 Å². The van der Waals surface area contributed by atoms with Crippen LogP contribution in [0.2, 0.25) is 0 Å². The standard InChI is InChI=1S/C15H10F3NO/c1-8-5-6-10-11(15(16,17)18)7-9-3-2-4-12(20)13(9)14(10)19-8/h2-7,19H,1H3. The van der Waals surface area contributed by atoms with Gasteiger partial charge in [0.25, 0.3) is 0 Å². The van der Waals surface area contributed by atoms with Crippen LogP contribution in [-0.2, 0) is 6.18 Å². The summed E-state index contributed by atoms with van der Waals surface area (Å²) in [6.07, 6.45) is -4.46. The molecule has 0 saturated heterocycles. The largest absolute Gasteiger partial charge is 0.417 e. The molecule has 0 aliphatic rings. The minimum Gasteiger partial charge on any atom is -0.358 e. The van der Waals surface area contributed by atoms with Gasteiger partial charge in [-0.1, -0.05) is 18.2 Å². The van der Waals surface area contributed by atoms with Gasteiger partial charge in [0.15, 0.2) is 5.43 Å². The molecule has 0 radical (unpaired) electrons. The SMILES string of the molecule is Cc1ccc2c(C(F)(F)F)cc3cccc(=O)c3c2[nH]1. The zero-order chi connectivity index (χ0) is 14.5. The Labute approximate surface area is 111 Å². The van der Waals surface area contributed by atoms with Crippen LogP contribution >= 0.6 is 0 Å². The zero-order valence-electron chi connectivity index (χ0n) is 10.5. The number of hydrogen-bond acceptors (Lipinski definition) is 1. The monoisotopic (exact) mass is 277 g/mol. The first-order chi connectivity index (χ1) is 9.38. The van der Waals surface area contributed by atoms with Crippen LogP contribution in [0.4, 0.5) is 13.2 Å². The molecule has 0 saturated carbocycles. The lowest BCUT2D eigenvalue weighted by molar-refractivity contribution is -0.136. The van der Waals surface area contributed by atoms with Gasteiger partial charge in [-0.2, -0.15) is 13.2 Å². The van der Waals surface area contributed by atoms with E-state index >= 15 is 0 Å². The molecule has 2 aromatic carbocycles. The minimum absolute atomic E-state index is 0.0129. The van der Waals surface area contributed by atoms with E-state index < -0.39 is 11.7 Å². The summed E-state index contributed by atoms with van der Waals surface area (Å²) in [5.41, 5.74) is -0.0910. The lowest BCUT2D eigenvalue weighted by Gasteiger charge is -2.13. The van der Waals surface area contributed by atoms with Gasteiger partial charge in [0.2, 0.25) is 0 Å². The maximum Gasteiger partial charge on any atom is 0.417 e. The van der Waals surface area contributed by atoms with Gasteiger partial charge in [-0.15, -0.1) is 0 Å². The molecule has 1 aromatic heterocycles. The molecule has 0 amide bonds. The molecular formula is C15H10F3NO. The number of rotatable bonds is 0. The lowest BCUT2D eigenvalue weighted by atomic mass is 10.00. The molecule has 5 heteroatoms.